The summed E-state index contributed by atoms with van der Waals surface area (Å²) >= 11 is 0. The first-order chi connectivity index (χ1) is 8.24. The lowest BCUT2D eigenvalue weighted by molar-refractivity contribution is 0.444. The molecule has 0 aromatic heterocycles. The fourth-order valence-corrected chi connectivity index (χ4v) is 1.10. The molecule has 106 valence electrons. The number of benzene rings is 2. The zero-order chi connectivity index (χ0) is 12.5. The Morgan fingerprint density at radius 2 is 1.26 bits per heavy atom. The van der Waals surface area contributed by atoms with Gasteiger partial charge in [-0.05, 0) is 24.3 Å². The number of para-hydroxylation sites is 2. The van der Waals surface area contributed by atoms with E-state index in [1.165, 1.54) is 0 Å². The quantitative estimate of drug-likeness (QED) is 0.453. The molecule has 0 radical (unpaired) electrons. The van der Waals surface area contributed by atoms with Crippen LogP contribution < -0.4 is 22.3 Å². The summed E-state index contributed by atoms with van der Waals surface area (Å²) in [6.45, 7) is 0. The molecular formula is C12H17Cl2FN4. The van der Waals surface area contributed by atoms with E-state index in [9.17, 15) is 4.48 Å². The summed E-state index contributed by atoms with van der Waals surface area (Å²) < 4.78 is 12.0. The van der Waals surface area contributed by atoms with Crippen molar-refractivity contribution in [2.45, 2.75) is 0 Å². The van der Waals surface area contributed by atoms with Crippen molar-refractivity contribution in [2.24, 2.45) is 11.7 Å². The molecule has 2 rings (SSSR count). The van der Waals surface area contributed by atoms with Gasteiger partial charge >= 0.3 is 0 Å². The highest BCUT2D eigenvalue weighted by Gasteiger charge is 1.93. The number of hydrogen-bond acceptors (Lipinski definition) is 4. The number of hydrogen-bond donors (Lipinski definition) is 3. The Morgan fingerprint density at radius 3 is 1.53 bits per heavy atom. The van der Waals surface area contributed by atoms with E-state index in [0.717, 1.165) is 5.69 Å². The molecule has 0 aliphatic carbocycles. The number of halogens is 3. The second-order valence-electron chi connectivity index (χ2n) is 3.16. The molecule has 0 unspecified atom stereocenters. The van der Waals surface area contributed by atoms with Crippen LogP contribution in [-0.4, -0.2) is 0 Å². The first-order valence-corrected chi connectivity index (χ1v) is 5.01. The molecular weight excluding hydrogens is 290 g/mol. The number of nitrogens with two attached hydrogens (primary N) is 2. The maximum atomic E-state index is 12.0. The van der Waals surface area contributed by atoms with Gasteiger partial charge in [-0.1, -0.05) is 40.9 Å². The zero-order valence-corrected chi connectivity index (χ0v) is 11.7. The van der Waals surface area contributed by atoms with Gasteiger partial charge in [-0.25, -0.2) is 5.84 Å². The molecule has 19 heavy (non-hydrogen) atoms. The van der Waals surface area contributed by atoms with Crippen LogP contribution >= 0.6 is 24.8 Å². The molecule has 0 aliphatic rings. The molecule has 0 spiro atoms. The van der Waals surface area contributed by atoms with Gasteiger partial charge in [0.25, 0.3) is 0 Å². The van der Waals surface area contributed by atoms with Gasteiger partial charge in [-0.2, -0.15) is 0 Å². The normalized spacial score (nSPS) is 7.95. The van der Waals surface area contributed by atoms with E-state index in [1.807, 2.05) is 30.3 Å². The van der Waals surface area contributed by atoms with Gasteiger partial charge < -0.3 is 5.43 Å². The monoisotopic (exact) mass is 306 g/mol. The molecule has 5 N–H and O–H groups in total. The summed E-state index contributed by atoms with van der Waals surface area (Å²) in [5.74, 6) is 9.88. The summed E-state index contributed by atoms with van der Waals surface area (Å²) in [5, 5.41) is 0.0833. The van der Waals surface area contributed by atoms with Gasteiger partial charge in [0.2, 0.25) is 0 Å². The lowest BCUT2D eigenvalue weighted by atomic mass is 10.3. The third-order valence-electron chi connectivity index (χ3n) is 1.94. The molecule has 0 heterocycles. The van der Waals surface area contributed by atoms with Crippen LogP contribution in [0.1, 0.15) is 0 Å². The first-order valence-electron chi connectivity index (χ1n) is 5.01. The van der Waals surface area contributed by atoms with Crippen LogP contribution in [-0.2, 0) is 0 Å². The second-order valence-corrected chi connectivity index (χ2v) is 3.16. The molecule has 0 saturated carbocycles. The van der Waals surface area contributed by atoms with Gasteiger partial charge in [0, 0.05) is 5.69 Å². The predicted octanol–water partition coefficient (Wildman–Crippen LogP) is 3.07. The van der Waals surface area contributed by atoms with Crippen LogP contribution in [0.15, 0.2) is 60.7 Å². The van der Waals surface area contributed by atoms with Crippen molar-refractivity contribution in [3.8, 4) is 0 Å². The zero-order valence-electron chi connectivity index (χ0n) is 10.1. The highest BCUT2D eigenvalue weighted by Crippen LogP contribution is 2.08. The Bertz CT molecular complexity index is 415. The Kier molecular flexibility index (Phi) is 12.0. The summed E-state index contributed by atoms with van der Waals surface area (Å²) in [7, 11) is 0. The SMILES string of the molecule is Cl.Cl.NN(F)c1ccccc1.NNc1ccccc1. The maximum absolute atomic E-state index is 12.0. The van der Waals surface area contributed by atoms with Crippen molar-refractivity contribution in [1.29, 1.82) is 0 Å². The number of nitrogens with one attached hydrogen (secondary N) is 1. The van der Waals surface area contributed by atoms with E-state index >= 15 is 0 Å². The lowest BCUT2D eigenvalue weighted by Crippen LogP contribution is -2.19. The largest absolute Gasteiger partial charge is 0.324 e. The molecule has 0 amide bonds. The molecule has 2 aromatic carbocycles. The molecule has 0 bridgehead atoms. The van der Waals surface area contributed by atoms with E-state index in [0.29, 0.717) is 5.69 Å². The second kappa shape index (κ2) is 11.6. The predicted molar refractivity (Wildman–Crippen MR) is 83.0 cm³/mol. The summed E-state index contributed by atoms with van der Waals surface area (Å²) in [4.78, 5) is 0. The van der Waals surface area contributed by atoms with Gasteiger partial charge in [0.15, 0.2) is 0 Å². The van der Waals surface area contributed by atoms with Crippen LogP contribution in [0.2, 0.25) is 0 Å². The third-order valence-corrected chi connectivity index (χ3v) is 1.94. The molecule has 2 aromatic rings. The topological polar surface area (TPSA) is 67.3 Å². The minimum atomic E-state index is 0. The highest BCUT2D eigenvalue weighted by atomic mass is 35.5. The number of nitrogens with zero attached hydrogens (tertiary/aromatic N) is 1. The Hall–Kier alpha value is -1.53. The molecule has 0 atom stereocenters. The maximum Gasteiger partial charge on any atom is 0.0872 e. The number of nitrogen functional groups attached to an aromatic ring is 1. The Labute approximate surface area is 124 Å². The molecule has 0 saturated heterocycles. The standard InChI is InChI=1S/C6H7FN2.C6H8N2.2ClH/c7-9(8)6-4-2-1-3-5-6;7-8-6-4-2-1-3-5-6;;/h1-5H,8H2;1-5,8H,7H2;2*1H. The van der Waals surface area contributed by atoms with Crippen LogP contribution in [0.5, 0.6) is 0 Å². The van der Waals surface area contributed by atoms with Crippen molar-refractivity contribution < 1.29 is 4.48 Å². The number of rotatable bonds is 2. The minimum Gasteiger partial charge on any atom is -0.324 e. The Balaban J connectivity index is 0. The first kappa shape index (κ1) is 19.8. The molecule has 0 aliphatic heterocycles. The van der Waals surface area contributed by atoms with Gasteiger partial charge in [-0.15, -0.1) is 30.0 Å². The third kappa shape index (κ3) is 8.23. The van der Waals surface area contributed by atoms with E-state index in [2.05, 4.69) is 5.43 Å². The number of hydrazine groups is 2. The van der Waals surface area contributed by atoms with Crippen molar-refractivity contribution in [2.75, 3.05) is 10.7 Å². The summed E-state index contributed by atoms with van der Waals surface area (Å²) in [5.41, 5.74) is 3.82. The smallest absolute Gasteiger partial charge is 0.0872 e. The van der Waals surface area contributed by atoms with Gasteiger partial charge in [0.1, 0.15) is 0 Å². The van der Waals surface area contributed by atoms with E-state index < -0.39 is 0 Å². The van der Waals surface area contributed by atoms with Crippen LogP contribution in [0.3, 0.4) is 0 Å². The Morgan fingerprint density at radius 1 is 0.842 bits per heavy atom. The van der Waals surface area contributed by atoms with Gasteiger partial charge in [0.05, 0.1) is 5.69 Å². The summed E-state index contributed by atoms with van der Waals surface area (Å²) in [6, 6.07) is 18.0. The highest BCUT2D eigenvalue weighted by molar-refractivity contribution is 5.85. The van der Waals surface area contributed by atoms with Crippen molar-refractivity contribution in [3.05, 3.63) is 60.7 Å². The average Bonchev–Trinajstić information content (AvgIpc) is 2.41. The fourth-order valence-electron chi connectivity index (χ4n) is 1.10. The molecule has 7 heteroatoms. The fraction of sp³-hybridized carbons (Fsp3) is 0. The lowest BCUT2D eigenvalue weighted by Gasteiger charge is -2.03. The van der Waals surface area contributed by atoms with Crippen molar-refractivity contribution >= 4 is 36.2 Å². The summed E-state index contributed by atoms with van der Waals surface area (Å²) in [6.07, 6.45) is 0. The van der Waals surface area contributed by atoms with Crippen LogP contribution in [0, 0.1) is 0 Å². The van der Waals surface area contributed by atoms with Gasteiger partial charge in [-0.3, -0.25) is 5.84 Å². The van der Waals surface area contributed by atoms with E-state index in [1.54, 1.807) is 30.3 Å². The molecule has 0 fully saturated rings. The average molecular weight is 307 g/mol. The van der Waals surface area contributed by atoms with E-state index in [4.69, 9.17) is 11.7 Å². The van der Waals surface area contributed by atoms with E-state index in [-0.39, 0.29) is 30.0 Å². The van der Waals surface area contributed by atoms with Crippen molar-refractivity contribution in [1.82, 2.24) is 0 Å². The molecule has 4 nitrogen and oxygen atoms in total. The van der Waals surface area contributed by atoms with Crippen molar-refractivity contribution in [3.63, 3.8) is 0 Å². The van der Waals surface area contributed by atoms with Crippen LogP contribution in [0.25, 0.3) is 0 Å². The van der Waals surface area contributed by atoms with Crippen LogP contribution in [0.4, 0.5) is 15.9 Å². The minimum absolute atomic E-state index is 0. The number of anilines is 2.